The lowest BCUT2D eigenvalue weighted by Gasteiger charge is -2.12. The van der Waals surface area contributed by atoms with E-state index in [-0.39, 0.29) is 17.5 Å². The molecule has 14 heavy (non-hydrogen) atoms. The topological polar surface area (TPSA) is 66.8 Å². The molecule has 2 N–H and O–H groups in total. The number of ether oxygens (including phenoxy) is 1. The predicted octanol–water partition coefficient (Wildman–Crippen LogP) is 1.72. The number of hydrogen-bond donors (Lipinski definition) is 2. The van der Waals surface area contributed by atoms with Crippen LogP contribution < -0.4 is 0 Å². The quantitative estimate of drug-likeness (QED) is 0.558. The average molecular weight is 196 g/mol. The molecule has 0 amide bonds. The fraction of sp³-hybridized carbons (Fsp3) is 0.300. The Morgan fingerprint density at radius 1 is 1.36 bits per heavy atom. The van der Waals surface area contributed by atoms with Crippen molar-refractivity contribution in [2.75, 3.05) is 0 Å². The fourth-order valence-electron chi connectivity index (χ4n) is 1.11. The molecule has 0 aliphatic rings. The molecule has 0 heterocycles. The summed E-state index contributed by atoms with van der Waals surface area (Å²) >= 11 is 0. The van der Waals surface area contributed by atoms with Gasteiger partial charge < -0.3 is 14.9 Å². The number of carbonyl (C=O) groups is 1. The summed E-state index contributed by atoms with van der Waals surface area (Å²) in [6.45, 7) is 3.00. The maximum Gasteiger partial charge on any atom is 0.303 e. The second-order valence-corrected chi connectivity index (χ2v) is 3.00. The highest BCUT2D eigenvalue weighted by Crippen LogP contribution is 2.28. The number of benzene rings is 1. The van der Waals surface area contributed by atoms with Gasteiger partial charge in [-0.25, -0.2) is 0 Å². The standard InChI is InChI=1S/C10H12O4/c1-6(14-7(2)11)8-3-4-9(12)10(13)5-8/h3-6,12-13H,1-2H3. The van der Waals surface area contributed by atoms with Crippen LogP contribution in [-0.2, 0) is 9.53 Å². The highest BCUT2D eigenvalue weighted by atomic mass is 16.5. The Morgan fingerprint density at radius 2 is 2.00 bits per heavy atom. The zero-order chi connectivity index (χ0) is 10.7. The van der Waals surface area contributed by atoms with E-state index in [2.05, 4.69) is 0 Å². The molecule has 0 spiro atoms. The van der Waals surface area contributed by atoms with E-state index in [0.29, 0.717) is 5.56 Å². The van der Waals surface area contributed by atoms with Crippen LogP contribution in [0.3, 0.4) is 0 Å². The van der Waals surface area contributed by atoms with Gasteiger partial charge in [0.05, 0.1) is 0 Å². The first-order valence-corrected chi connectivity index (χ1v) is 4.20. The van der Waals surface area contributed by atoms with Crippen LogP contribution in [0.1, 0.15) is 25.5 Å². The van der Waals surface area contributed by atoms with Crippen molar-refractivity contribution < 1.29 is 19.7 Å². The van der Waals surface area contributed by atoms with Gasteiger partial charge in [-0.15, -0.1) is 0 Å². The third-order valence-corrected chi connectivity index (χ3v) is 1.81. The van der Waals surface area contributed by atoms with Gasteiger partial charge in [-0.2, -0.15) is 0 Å². The van der Waals surface area contributed by atoms with Gasteiger partial charge in [-0.3, -0.25) is 4.79 Å². The van der Waals surface area contributed by atoms with Crippen LogP contribution in [0.25, 0.3) is 0 Å². The Labute approximate surface area is 81.8 Å². The van der Waals surface area contributed by atoms with E-state index in [0.717, 1.165) is 0 Å². The van der Waals surface area contributed by atoms with Crippen LogP contribution in [0.15, 0.2) is 18.2 Å². The van der Waals surface area contributed by atoms with Crippen LogP contribution >= 0.6 is 0 Å². The Kier molecular flexibility index (Phi) is 2.96. The van der Waals surface area contributed by atoms with Crippen molar-refractivity contribution in [2.24, 2.45) is 0 Å². The zero-order valence-corrected chi connectivity index (χ0v) is 8.02. The van der Waals surface area contributed by atoms with Crippen molar-refractivity contribution in [1.29, 1.82) is 0 Å². The van der Waals surface area contributed by atoms with Crippen molar-refractivity contribution in [2.45, 2.75) is 20.0 Å². The number of esters is 1. The smallest absolute Gasteiger partial charge is 0.303 e. The largest absolute Gasteiger partial charge is 0.504 e. The van der Waals surface area contributed by atoms with Crippen molar-refractivity contribution in [3.05, 3.63) is 23.8 Å². The third-order valence-electron chi connectivity index (χ3n) is 1.81. The monoisotopic (exact) mass is 196 g/mol. The highest BCUT2D eigenvalue weighted by Gasteiger charge is 2.10. The molecular weight excluding hydrogens is 184 g/mol. The number of phenols is 2. The van der Waals surface area contributed by atoms with Gasteiger partial charge in [0.15, 0.2) is 11.5 Å². The normalized spacial score (nSPS) is 12.1. The first-order chi connectivity index (χ1) is 6.50. The Balaban J connectivity index is 2.85. The van der Waals surface area contributed by atoms with Gasteiger partial charge in [0.1, 0.15) is 6.10 Å². The summed E-state index contributed by atoms with van der Waals surface area (Å²) in [7, 11) is 0. The first-order valence-electron chi connectivity index (χ1n) is 4.20. The molecular formula is C10H12O4. The molecule has 4 heteroatoms. The van der Waals surface area contributed by atoms with Gasteiger partial charge in [-0.1, -0.05) is 6.07 Å². The number of hydrogen-bond acceptors (Lipinski definition) is 4. The second-order valence-electron chi connectivity index (χ2n) is 3.00. The van der Waals surface area contributed by atoms with Crippen LogP contribution in [-0.4, -0.2) is 16.2 Å². The van der Waals surface area contributed by atoms with Crippen LogP contribution in [0, 0.1) is 0 Å². The summed E-state index contributed by atoms with van der Waals surface area (Å²) in [5.41, 5.74) is 0.635. The SMILES string of the molecule is CC(=O)OC(C)c1ccc(O)c(O)c1. The minimum Gasteiger partial charge on any atom is -0.504 e. The molecule has 0 fully saturated rings. The summed E-state index contributed by atoms with van der Waals surface area (Å²) < 4.78 is 4.90. The number of phenolic OH excluding ortho intramolecular Hbond substituents is 2. The van der Waals surface area contributed by atoms with E-state index < -0.39 is 6.10 Å². The maximum absolute atomic E-state index is 10.6. The molecule has 1 aromatic carbocycles. The Bertz CT molecular complexity index is 346. The van der Waals surface area contributed by atoms with Crippen molar-refractivity contribution in [3.8, 4) is 11.5 Å². The van der Waals surface area contributed by atoms with Gasteiger partial charge in [0, 0.05) is 6.92 Å². The number of carbonyl (C=O) groups excluding carboxylic acids is 1. The molecule has 1 atom stereocenters. The Hall–Kier alpha value is -1.71. The minimum absolute atomic E-state index is 0.191. The molecule has 76 valence electrons. The van der Waals surface area contributed by atoms with Crippen molar-refractivity contribution in [3.63, 3.8) is 0 Å². The van der Waals surface area contributed by atoms with Gasteiger partial charge in [0.2, 0.25) is 0 Å². The summed E-state index contributed by atoms with van der Waals surface area (Å²) in [5.74, 6) is -0.796. The van der Waals surface area contributed by atoms with E-state index >= 15 is 0 Å². The maximum atomic E-state index is 10.6. The van der Waals surface area contributed by atoms with Gasteiger partial charge in [0.25, 0.3) is 0 Å². The third kappa shape index (κ3) is 2.39. The number of aromatic hydroxyl groups is 2. The summed E-state index contributed by atoms with van der Waals surface area (Å²) in [6, 6.07) is 4.30. The van der Waals surface area contributed by atoms with E-state index in [9.17, 15) is 9.90 Å². The van der Waals surface area contributed by atoms with Gasteiger partial charge in [-0.05, 0) is 24.6 Å². The average Bonchev–Trinajstić information content (AvgIpc) is 2.08. The van der Waals surface area contributed by atoms with Crippen molar-refractivity contribution >= 4 is 5.97 Å². The second kappa shape index (κ2) is 4.00. The highest BCUT2D eigenvalue weighted by molar-refractivity contribution is 5.66. The van der Waals surface area contributed by atoms with E-state index in [1.807, 2.05) is 0 Å². The molecule has 0 radical (unpaired) electrons. The molecule has 1 aromatic rings. The molecule has 0 saturated heterocycles. The minimum atomic E-state index is -0.431. The summed E-state index contributed by atoms with van der Waals surface area (Å²) in [5, 5.41) is 18.2. The fourth-order valence-corrected chi connectivity index (χ4v) is 1.11. The van der Waals surface area contributed by atoms with Crippen molar-refractivity contribution in [1.82, 2.24) is 0 Å². The summed E-state index contributed by atoms with van der Waals surface area (Å²) in [6.07, 6.45) is -0.431. The molecule has 0 aromatic heterocycles. The van der Waals surface area contributed by atoms with E-state index in [1.54, 1.807) is 13.0 Å². The van der Waals surface area contributed by atoms with E-state index in [4.69, 9.17) is 9.84 Å². The first kappa shape index (κ1) is 10.4. The molecule has 0 aliphatic carbocycles. The molecule has 0 aliphatic heterocycles. The predicted molar refractivity (Wildman–Crippen MR) is 50.0 cm³/mol. The zero-order valence-electron chi connectivity index (χ0n) is 8.02. The van der Waals surface area contributed by atoms with Crippen LogP contribution in [0.2, 0.25) is 0 Å². The molecule has 4 nitrogen and oxygen atoms in total. The molecule has 1 unspecified atom stereocenters. The lowest BCUT2D eigenvalue weighted by atomic mass is 10.1. The molecule has 0 bridgehead atoms. The van der Waals surface area contributed by atoms with Gasteiger partial charge >= 0.3 is 5.97 Å². The lowest BCUT2D eigenvalue weighted by molar-refractivity contribution is -0.145. The molecule has 0 saturated carbocycles. The van der Waals surface area contributed by atoms with Crippen LogP contribution in [0.5, 0.6) is 11.5 Å². The molecule has 1 rings (SSSR count). The lowest BCUT2D eigenvalue weighted by Crippen LogP contribution is -2.04. The Morgan fingerprint density at radius 3 is 2.50 bits per heavy atom. The van der Waals surface area contributed by atoms with Crippen LogP contribution in [0.4, 0.5) is 0 Å². The number of rotatable bonds is 2. The summed E-state index contributed by atoms with van der Waals surface area (Å²) in [4.78, 5) is 10.6. The van der Waals surface area contributed by atoms with E-state index in [1.165, 1.54) is 19.1 Å².